The van der Waals surface area contributed by atoms with Crippen LogP contribution >= 0.6 is 0 Å². The monoisotopic (exact) mass is 319 g/mol. The van der Waals surface area contributed by atoms with E-state index in [1.165, 1.54) is 0 Å². The van der Waals surface area contributed by atoms with E-state index in [9.17, 15) is 9.59 Å². The molecule has 0 aliphatic carbocycles. The van der Waals surface area contributed by atoms with Crippen LogP contribution in [0.2, 0.25) is 0 Å². The van der Waals surface area contributed by atoms with Gasteiger partial charge in [-0.3, -0.25) is 9.78 Å². The molecule has 23 heavy (non-hydrogen) atoms. The van der Waals surface area contributed by atoms with Gasteiger partial charge in [0.15, 0.2) is 0 Å². The first-order valence-corrected chi connectivity index (χ1v) is 7.93. The number of likely N-dealkylation sites (tertiary alicyclic amines) is 1. The Balaban J connectivity index is 1.89. The Morgan fingerprint density at radius 1 is 1.43 bits per heavy atom. The van der Waals surface area contributed by atoms with E-state index in [0.717, 1.165) is 5.56 Å². The molecule has 0 radical (unpaired) electrons. The minimum absolute atomic E-state index is 0.0441. The molecule has 6 nitrogen and oxygen atoms in total. The molecule has 1 fully saturated rings. The summed E-state index contributed by atoms with van der Waals surface area (Å²) in [6.07, 6.45) is 4.14. The number of ether oxygens (including phenoxy) is 1. The molecule has 1 aromatic heterocycles. The first kappa shape index (κ1) is 17.4. The molecule has 0 unspecified atom stereocenters. The first-order valence-electron chi connectivity index (χ1n) is 7.93. The van der Waals surface area contributed by atoms with E-state index >= 15 is 0 Å². The average molecular weight is 319 g/mol. The fourth-order valence-electron chi connectivity index (χ4n) is 2.53. The van der Waals surface area contributed by atoms with Crippen LogP contribution in [0.5, 0.6) is 0 Å². The molecule has 1 aliphatic heterocycles. The van der Waals surface area contributed by atoms with E-state index in [0.29, 0.717) is 19.5 Å². The number of amides is 1. The predicted molar refractivity (Wildman–Crippen MR) is 86.5 cm³/mol. The Kier molecular flexibility index (Phi) is 5.36. The summed E-state index contributed by atoms with van der Waals surface area (Å²) in [6, 6.07) is 3.00. The normalized spacial score (nSPS) is 19.7. The van der Waals surface area contributed by atoms with Crippen LogP contribution in [0, 0.1) is 0 Å². The third-order valence-corrected chi connectivity index (χ3v) is 3.76. The summed E-state index contributed by atoms with van der Waals surface area (Å²) in [5.74, 6) is -0.405. The number of carbonyl (C=O) groups is 2. The summed E-state index contributed by atoms with van der Waals surface area (Å²) in [5, 5.41) is 3.25. The van der Waals surface area contributed by atoms with Crippen LogP contribution in [0.25, 0.3) is 0 Å². The van der Waals surface area contributed by atoms with Crippen molar-refractivity contribution < 1.29 is 14.3 Å². The second-order valence-corrected chi connectivity index (χ2v) is 6.82. The van der Waals surface area contributed by atoms with Crippen molar-refractivity contribution in [1.82, 2.24) is 15.2 Å². The Labute approximate surface area is 137 Å². The van der Waals surface area contributed by atoms with Crippen LogP contribution in [0.1, 0.15) is 39.7 Å². The van der Waals surface area contributed by atoms with Crippen LogP contribution in [-0.4, -0.2) is 46.0 Å². The molecule has 1 amide bonds. The van der Waals surface area contributed by atoms with Crippen LogP contribution in [0.3, 0.4) is 0 Å². The van der Waals surface area contributed by atoms with E-state index in [2.05, 4.69) is 10.3 Å². The minimum atomic E-state index is -0.561. The first-order chi connectivity index (χ1) is 10.8. The summed E-state index contributed by atoms with van der Waals surface area (Å²) in [4.78, 5) is 30.2. The number of nitrogens with zero attached hydrogens (tertiary/aromatic N) is 2. The Morgan fingerprint density at radius 3 is 2.70 bits per heavy atom. The third kappa shape index (κ3) is 4.76. The van der Waals surface area contributed by atoms with Crippen LogP contribution in [0.4, 0.5) is 0 Å². The van der Waals surface area contributed by atoms with Crippen molar-refractivity contribution in [3.63, 3.8) is 0 Å². The van der Waals surface area contributed by atoms with Gasteiger partial charge in [-0.1, -0.05) is 0 Å². The molecule has 0 bridgehead atoms. The number of rotatable bonds is 5. The van der Waals surface area contributed by atoms with E-state index in [1.807, 2.05) is 32.9 Å². The maximum atomic E-state index is 12.5. The molecule has 2 rings (SSSR count). The third-order valence-electron chi connectivity index (χ3n) is 3.76. The zero-order valence-corrected chi connectivity index (χ0v) is 14.2. The van der Waals surface area contributed by atoms with Gasteiger partial charge in [-0.05, 0) is 51.8 Å². The molecule has 1 aromatic rings. The van der Waals surface area contributed by atoms with Crippen LogP contribution in [0.15, 0.2) is 24.5 Å². The maximum Gasteiger partial charge on any atom is 0.329 e. The van der Waals surface area contributed by atoms with Crippen molar-refractivity contribution in [2.75, 3.05) is 6.54 Å². The lowest BCUT2D eigenvalue weighted by Crippen LogP contribution is -2.46. The maximum absolute atomic E-state index is 12.5. The zero-order chi connectivity index (χ0) is 17.0. The van der Waals surface area contributed by atoms with Crippen LogP contribution < -0.4 is 5.32 Å². The van der Waals surface area contributed by atoms with E-state index in [4.69, 9.17) is 4.74 Å². The highest BCUT2D eigenvalue weighted by Gasteiger charge is 2.38. The topological polar surface area (TPSA) is 71.5 Å². The van der Waals surface area contributed by atoms with Crippen molar-refractivity contribution in [2.24, 2.45) is 0 Å². The quantitative estimate of drug-likeness (QED) is 0.833. The highest BCUT2D eigenvalue weighted by Crippen LogP contribution is 2.18. The number of hydrogen-bond donors (Lipinski definition) is 1. The summed E-state index contributed by atoms with van der Waals surface area (Å²) in [6.45, 7) is 8.35. The van der Waals surface area contributed by atoms with E-state index in [-0.39, 0.29) is 17.9 Å². The summed E-state index contributed by atoms with van der Waals surface area (Å²) >= 11 is 0. The van der Waals surface area contributed by atoms with Gasteiger partial charge in [0.25, 0.3) is 0 Å². The average Bonchev–Trinajstić information content (AvgIpc) is 2.84. The molecule has 0 saturated carbocycles. The molecule has 1 N–H and O–H groups in total. The van der Waals surface area contributed by atoms with Gasteiger partial charge < -0.3 is 15.0 Å². The van der Waals surface area contributed by atoms with Crippen molar-refractivity contribution in [3.05, 3.63) is 30.1 Å². The van der Waals surface area contributed by atoms with Gasteiger partial charge in [-0.15, -0.1) is 0 Å². The van der Waals surface area contributed by atoms with Gasteiger partial charge >= 0.3 is 5.97 Å². The molecule has 2 heterocycles. The molecule has 1 aliphatic rings. The fraction of sp³-hybridized carbons (Fsp3) is 0.588. The van der Waals surface area contributed by atoms with Gasteiger partial charge in [-0.25, -0.2) is 4.79 Å². The highest BCUT2D eigenvalue weighted by atomic mass is 16.6. The zero-order valence-electron chi connectivity index (χ0n) is 14.2. The molecule has 2 atom stereocenters. The lowest BCUT2D eigenvalue weighted by molar-refractivity contribution is -0.163. The fourth-order valence-corrected chi connectivity index (χ4v) is 2.53. The van der Waals surface area contributed by atoms with Crippen LogP contribution in [-0.2, 0) is 20.9 Å². The number of aromatic nitrogens is 1. The second kappa shape index (κ2) is 7.08. The summed E-state index contributed by atoms with van der Waals surface area (Å²) in [7, 11) is 0. The molecule has 1 saturated heterocycles. The van der Waals surface area contributed by atoms with Gasteiger partial charge in [-0.2, -0.15) is 0 Å². The largest absolute Gasteiger partial charge is 0.458 e. The smallest absolute Gasteiger partial charge is 0.329 e. The number of hydrogen-bond acceptors (Lipinski definition) is 5. The van der Waals surface area contributed by atoms with Gasteiger partial charge in [0.1, 0.15) is 11.6 Å². The Morgan fingerprint density at radius 2 is 2.09 bits per heavy atom. The van der Waals surface area contributed by atoms with Crippen molar-refractivity contribution in [3.8, 4) is 0 Å². The van der Waals surface area contributed by atoms with Crippen molar-refractivity contribution in [2.45, 2.75) is 58.3 Å². The van der Waals surface area contributed by atoms with E-state index in [1.54, 1.807) is 24.2 Å². The standard InChI is InChI=1S/C17H25N3O3/c1-12(16(22)23-17(2,3)4)20-10-7-14(15(20)21)19-11-13-5-8-18-9-6-13/h5-6,8-9,12,14,19H,7,10-11H2,1-4H3/t12-,14-/m0/s1. The Bertz CT molecular complexity index is 554. The number of nitrogens with one attached hydrogen (secondary N) is 1. The molecule has 0 spiro atoms. The molecule has 126 valence electrons. The van der Waals surface area contributed by atoms with E-state index < -0.39 is 11.6 Å². The van der Waals surface area contributed by atoms with Gasteiger partial charge in [0.2, 0.25) is 5.91 Å². The lowest BCUT2D eigenvalue weighted by Gasteiger charge is -2.27. The molecular formula is C17H25N3O3. The molecule has 0 aromatic carbocycles. The SMILES string of the molecule is C[C@@H](C(=O)OC(C)(C)C)N1CC[C@H](NCc2ccncc2)C1=O. The number of pyridine rings is 1. The number of carbonyl (C=O) groups excluding carboxylic acids is 2. The summed E-state index contributed by atoms with van der Waals surface area (Å²) < 4.78 is 5.36. The minimum Gasteiger partial charge on any atom is -0.458 e. The highest BCUT2D eigenvalue weighted by molar-refractivity contribution is 5.89. The Hall–Kier alpha value is -1.95. The van der Waals surface area contributed by atoms with Gasteiger partial charge in [0.05, 0.1) is 6.04 Å². The van der Waals surface area contributed by atoms with Crippen molar-refractivity contribution >= 4 is 11.9 Å². The van der Waals surface area contributed by atoms with Gasteiger partial charge in [0, 0.05) is 25.5 Å². The molecule has 6 heteroatoms. The van der Waals surface area contributed by atoms with Crippen molar-refractivity contribution in [1.29, 1.82) is 0 Å². The second-order valence-electron chi connectivity index (χ2n) is 6.82. The predicted octanol–water partition coefficient (Wildman–Crippen LogP) is 1.50. The molecular weight excluding hydrogens is 294 g/mol. The number of esters is 1. The summed E-state index contributed by atoms with van der Waals surface area (Å²) in [5.41, 5.74) is 0.527. The lowest BCUT2D eigenvalue weighted by atomic mass is 10.2.